The van der Waals surface area contributed by atoms with E-state index in [4.69, 9.17) is 0 Å². The van der Waals surface area contributed by atoms with Gasteiger partial charge < -0.3 is 10.3 Å². The van der Waals surface area contributed by atoms with Crippen molar-refractivity contribution in [3.05, 3.63) is 42.0 Å². The lowest BCUT2D eigenvalue weighted by molar-refractivity contribution is 0.597. The van der Waals surface area contributed by atoms with Gasteiger partial charge in [-0.1, -0.05) is 19.1 Å². The van der Waals surface area contributed by atoms with Crippen LogP contribution in [0.4, 0.5) is 5.69 Å². The van der Waals surface area contributed by atoms with Gasteiger partial charge in [-0.3, -0.25) is 0 Å². The van der Waals surface area contributed by atoms with Crippen molar-refractivity contribution in [2.75, 3.05) is 11.1 Å². The molecule has 19 heavy (non-hydrogen) atoms. The highest BCUT2D eigenvalue weighted by Crippen LogP contribution is 2.22. The van der Waals surface area contributed by atoms with Crippen LogP contribution in [0.5, 0.6) is 0 Å². The lowest BCUT2D eigenvalue weighted by atomic mass is 10.3. The number of imidazole rings is 1. The van der Waals surface area contributed by atoms with E-state index in [1.165, 1.54) is 0 Å². The summed E-state index contributed by atoms with van der Waals surface area (Å²) < 4.78 is 24.0. The van der Waals surface area contributed by atoms with Crippen LogP contribution in [0.3, 0.4) is 0 Å². The third-order valence-electron chi connectivity index (χ3n) is 2.98. The van der Waals surface area contributed by atoms with E-state index in [0.29, 0.717) is 17.1 Å². The first-order valence-electron chi connectivity index (χ1n) is 6.09. The van der Waals surface area contributed by atoms with Gasteiger partial charge in [0.1, 0.15) is 0 Å². The number of hydrogen-bond acceptors (Lipinski definition) is 4. The fraction of sp³-hybridized carbons (Fsp3) is 0.308. The molecule has 0 fully saturated rings. The van der Waals surface area contributed by atoms with Crippen LogP contribution in [0.25, 0.3) is 0 Å². The van der Waals surface area contributed by atoms with Gasteiger partial charge in [0.2, 0.25) is 0 Å². The normalized spacial score (nSPS) is 11.5. The van der Waals surface area contributed by atoms with Gasteiger partial charge in [0.05, 0.1) is 34.9 Å². The fourth-order valence-electron chi connectivity index (χ4n) is 1.78. The molecule has 2 rings (SSSR count). The smallest absolute Gasteiger partial charge is 0.180 e. The van der Waals surface area contributed by atoms with E-state index >= 15 is 0 Å². The number of sulfone groups is 1. The first-order valence-corrected chi connectivity index (χ1v) is 7.74. The first kappa shape index (κ1) is 13.6. The second-order valence-electron chi connectivity index (χ2n) is 4.23. The van der Waals surface area contributed by atoms with Gasteiger partial charge in [-0.2, -0.15) is 0 Å². The molecule has 0 amide bonds. The number of anilines is 1. The van der Waals surface area contributed by atoms with E-state index < -0.39 is 9.84 Å². The van der Waals surface area contributed by atoms with Crippen molar-refractivity contribution in [1.82, 2.24) is 9.97 Å². The molecule has 0 saturated carbocycles. The molecular weight excluding hydrogens is 262 g/mol. The highest BCUT2D eigenvalue weighted by atomic mass is 32.2. The third-order valence-corrected chi connectivity index (χ3v) is 4.77. The molecule has 0 unspecified atom stereocenters. The summed E-state index contributed by atoms with van der Waals surface area (Å²) >= 11 is 0. The van der Waals surface area contributed by atoms with Crippen LogP contribution in [-0.2, 0) is 16.4 Å². The number of benzene rings is 1. The number of nitrogens with zero attached hydrogens (tertiary/aromatic N) is 1. The molecule has 0 atom stereocenters. The first-order chi connectivity index (χ1) is 9.04. The number of aromatic amines is 1. The minimum absolute atomic E-state index is 0.0904. The Labute approximate surface area is 113 Å². The van der Waals surface area contributed by atoms with Crippen LogP contribution in [0, 0.1) is 6.92 Å². The van der Waals surface area contributed by atoms with Gasteiger partial charge in [0, 0.05) is 5.69 Å². The molecule has 6 heteroatoms. The summed E-state index contributed by atoms with van der Waals surface area (Å²) in [5.41, 5.74) is 2.47. The maximum Gasteiger partial charge on any atom is 0.180 e. The number of hydrogen-bond donors (Lipinski definition) is 2. The zero-order valence-corrected chi connectivity index (χ0v) is 11.8. The Hall–Kier alpha value is -1.82. The van der Waals surface area contributed by atoms with Gasteiger partial charge in [-0.15, -0.1) is 0 Å². The van der Waals surface area contributed by atoms with Crippen LogP contribution in [-0.4, -0.2) is 24.1 Å². The van der Waals surface area contributed by atoms with E-state index in [0.717, 1.165) is 11.4 Å². The summed E-state index contributed by atoms with van der Waals surface area (Å²) in [7, 11) is -3.22. The number of aryl methyl sites for hydroxylation is 1. The average molecular weight is 279 g/mol. The Morgan fingerprint density at radius 3 is 2.68 bits per heavy atom. The molecule has 1 heterocycles. The summed E-state index contributed by atoms with van der Waals surface area (Å²) in [5.74, 6) is 0.0904. The quantitative estimate of drug-likeness (QED) is 0.879. The number of rotatable bonds is 5. The molecule has 0 spiro atoms. The van der Waals surface area contributed by atoms with Gasteiger partial charge >= 0.3 is 0 Å². The molecule has 0 bridgehead atoms. The van der Waals surface area contributed by atoms with Crippen molar-refractivity contribution in [3.8, 4) is 0 Å². The van der Waals surface area contributed by atoms with Gasteiger partial charge in [0.25, 0.3) is 0 Å². The maximum absolute atomic E-state index is 12.0. The molecule has 0 radical (unpaired) electrons. The topological polar surface area (TPSA) is 74.8 Å². The molecule has 102 valence electrons. The van der Waals surface area contributed by atoms with Gasteiger partial charge in [-0.05, 0) is 19.1 Å². The van der Waals surface area contributed by atoms with Gasteiger partial charge in [-0.25, -0.2) is 13.4 Å². The van der Waals surface area contributed by atoms with Crippen LogP contribution in [0.1, 0.15) is 18.3 Å². The van der Waals surface area contributed by atoms with E-state index in [-0.39, 0.29) is 5.75 Å². The monoisotopic (exact) mass is 279 g/mol. The summed E-state index contributed by atoms with van der Waals surface area (Å²) in [4.78, 5) is 7.51. The minimum Gasteiger partial charge on any atom is -0.378 e. The fourth-order valence-corrected chi connectivity index (χ4v) is 2.86. The van der Waals surface area contributed by atoms with Crippen molar-refractivity contribution in [1.29, 1.82) is 0 Å². The molecule has 0 aliphatic heterocycles. The predicted octanol–water partition coefficient (Wildman–Crippen LogP) is 2.12. The Morgan fingerprint density at radius 2 is 2.05 bits per heavy atom. The molecule has 0 aliphatic carbocycles. The SMILES string of the molecule is CCS(=O)(=O)c1ccccc1NCc1nc[nH]c1C. The molecule has 1 aromatic heterocycles. The van der Waals surface area contributed by atoms with Crippen LogP contribution < -0.4 is 5.32 Å². The van der Waals surface area contributed by atoms with Crippen LogP contribution in [0.2, 0.25) is 0 Å². The Kier molecular flexibility index (Phi) is 3.90. The van der Waals surface area contributed by atoms with Gasteiger partial charge in [0.15, 0.2) is 9.84 Å². The minimum atomic E-state index is -3.22. The zero-order chi connectivity index (χ0) is 13.9. The maximum atomic E-state index is 12.0. The van der Waals surface area contributed by atoms with E-state index in [1.807, 2.05) is 13.0 Å². The molecular formula is C13H17N3O2S. The molecule has 5 nitrogen and oxygen atoms in total. The average Bonchev–Trinajstić information content (AvgIpc) is 2.82. The van der Waals surface area contributed by atoms with Crippen LogP contribution in [0.15, 0.2) is 35.5 Å². The molecule has 1 aromatic carbocycles. The summed E-state index contributed by atoms with van der Waals surface area (Å²) in [6.45, 7) is 4.06. The second-order valence-corrected chi connectivity index (χ2v) is 6.47. The zero-order valence-electron chi connectivity index (χ0n) is 11.0. The highest BCUT2D eigenvalue weighted by Gasteiger charge is 2.16. The lowest BCUT2D eigenvalue weighted by Crippen LogP contribution is -2.09. The largest absolute Gasteiger partial charge is 0.378 e. The van der Waals surface area contributed by atoms with Crippen molar-refractivity contribution < 1.29 is 8.42 Å². The Balaban J connectivity index is 2.24. The number of aromatic nitrogens is 2. The molecule has 0 aliphatic rings. The molecule has 0 saturated heterocycles. The van der Waals surface area contributed by atoms with Crippen molar-refractivity contribution in [2.45, 2.75) is 25.3 Å². The van der Waals surface area contributed by atoms with E-state index in [2.05, 4.69) is 15.3 Å². The third kappa shape index (κ3) is 2.96. The number of H-pyrrole nitrogens is 1. The number of nitrogens with one attached hydrogen (secondary N) is 2. The van der Waals surface area contributed by atoms with Crippen molar-refractivity contribution >= 4 is 15.5 Å². The summed E-state index contributed by atoms with van der Waals surface area (Å²) in [6.07, 6.45) is 1.63. The number of para-hydroxylation sites is 1. The summed E-state index contributed by atoms with van der Waals surface area (Å²) in [5, 5.41) is 3.14. The Bertz CT molecular complexity index is 662. The standard InChI is InChI=1S/C13H17N3O2S/c1-3-19(17,18)13-7-5-4-6-11(13)14-8-12-10(2)15-9-16-12/h4-7,9,14H,3,8H2,1-2H3,(H,15,16). The Morgan fingerprint density at radius 1 is 1.32 bits per heavy atom. The van der Waals surface area contributed by atoms with E-state index in [1.54, 1.807) is 31.5 Å². The molecule has 2 aromatic rings. The van der Waals surface area contributed by atoms with Crippen molar-refractivity contribution in [2.24, 2.45) is 0 Å². The highest BCUT2D eigenvalue weighted by molar-refractivity contribution is 7.91. The van der Waals surface area contributed by atoms with E-state index in [9.17, 15) is 8.42 Å². The molecule has 2 N–H and O–H groups in total. The lowest BCUT2D eigenvalue weighted by Gasteiger charge is -2.11. The summed E-state index contributed by atoms with van der Waals surface area (Å²) in [6, 6.07) is 6.94. The predicted molar refractivity (Wildman–Crippen MR) is 74.8 cm³/mol. The van der Waals surface area contributed by atoms with Crippen molar-refractivity contribution in [3.63, 3.8) is 0 Å². The van der Waals surface area contributed by atoms with Crippen LogP contribution >= 0.6 is 0 Å². The second kappa shape index (κ2) is 5.44.